The van der Waals surface area contributed by atoms with Crippen molar-refractivity contribution in [3.63, 3.8) is 0 Å². The Morgan fingerprint density at radius 1 is 1.22 bits per heavy atom. The standard InChI is InChI=1S/C4H8O.C3H8.CH4/c1-3-4(2)5;1-3-2;/h3H2,1-2H3;3H2,1-2H3;1H4. The topological polar surface area (TPSA) is 17.1 Å². The highest BCUT2D eigenvalue weighted by molar-refractivity contribution is 5.74. The van der Waals surface area contributed by atoms with Gasteiger partial charge in [0.2, 0.25) is 0 Å². The molecule has 0 aromatic heterocycles. The Kier molecular flexibility index (Phi) is 27.6. The van der Waals surface area contributed by atoms with Gasteiger partial charge in [0.05, 0.1) is 0 Å². The van der Waals surface area contributed by atoms with E-state index in [4.69, 9.17) is 0 Å². The van der Waals surface area contributed by atoms with Gasteiger partial charge in [0.15, 0.2) is 0 Å². The molecule has 0 bridgehead atoms. The molecule has 0 aliphatic carbocycles. The molecule has 58 valence electrons. The second kappa shape index (κ2) is 15.6. The Morgan fingerprint density at radius 2 is 1.33 bits per heavy atom. The maximum Gasteiger partial charge on any atom is 0.129 e. The lowest BCUT2D eigenvalue weighted by Gasteiger charge is -1.71. The van der Waals surface area contributed by atoms with E-state index in [1.807, 2.05) is 6.92 Å². The first kappa shape index (κ1) is 15.9. The van der Waals surface area contributed by atoms with Gasteiger partial charge in [-0.05, 0) is 6.92 Å². The van der Waals surface area contributed by atoms with Crippen molar-refractivity contribution in [1.82, 2.24) is 0 Å². The number of hydrogen-bond donors (Lipinski definition) is 0. The zero-order chi connectivity index (χ0) is 6.99. The van der Waals surface area contributed by atoms with E-state index in [1.54, 1.807) is 6.92 Å². The highest BCUT2D eigenvalue weighted by Gasteiger charge is 1.76. The Labute approximate surface area is 59.5 Å². The molecule has 0 heterocycles. The molecule has 0 aromatic carbocycles. The van der Waals surface area contributed by atoms with Crippen LogP contribution in [0.1, 0.15) is 48.0 Å². The van der Waals surface area contributed by atoms with Crippen molar-refractivity contribution in [3.05, 3.63) is 0 Å². The Hall–Kier alpha value is -0.330. The van der Waals surface area contributed by atoms with Gasteiger partial charge in [-0.1, -0.05) is 34.6 Å². The lowest BCUT2D eigenvalue weighted by molar-refractivity contribution is -0.116. The van der Waals surface area contributed by atoms with E-state index < -0.39 is 0 Å². The number of carbonyl (C=O) groups excluding carboxylic acids is 1. The van der Waals surface area contributed by atoms with Crippen LogP contribution in [-0.2, 0) is 4.79 Å². The summed E-state index contributed by atoms with van der Waals surface area (Å²) in [6, 6.07) is 0. The van der Waals surface area contributed by atoms with E-state index in [2.05, 4.69) is 13.8 Å². The largest absolute Gasteiger partial charge is 0.300 e. The molecule has 0 saturated heterocycles. The summed E-state index contributed by atoms with van der Waals surface area (Å²) < 4.78 is 0. The molecular weight excluding hydrogens is 112 g/mol. The van der Waals surface area contributed by atoms with Crippen molar-refractivity contribution in [2.45, 2.75) is 48.0 Å². The van der Waals surface area contributed by atoms with Crippen LogP contribution in [-0.4, -0.2) is 5.78 Å². The van der Waals surface area contributed by atoms with Gasteiger partial charge in [-0.2, -0.15) is 0 Å². The summed E-state index contributed by atoms with van der Waals surface area (Å²) in [6.07, 6.45) is 1.92. The van der Waals surface area contributed by atoms with Crippen LogP contribution in [0.15, 0.2) is 0 Å². The van der Waals surface area contributed by atoms with Crippen LogP contribution in [0.3, 0.4) is 0 Å². The van der Waals surface area contributed by atoms with Crippen LogP contribution in [0.2, 0.25) is 0 Å². The monoisotopic (exact) mass is 132 g/mol. The third-order valence-corrected chi connectivity index (χ3v) is 0.498. The van der Waals surface area contributed by atoms with E-state index in [0.717, 1.165) is 0 Å². The van der Waals surface area contributed by atoms with Crippen LogP contribution in [0.5, 0.6) is 0 Å². The molecule has 0 radical (unpaired) electrons. The summed E-state index contributed by atoms with van der Waals surface area (Å²) in [5.74, 6) is 0.255. The maximum atomic E-state index is 9.81. The molecule has 0 aromatic rings. The average molecular weight is 132 g/mol. The normalized spacial score (nSPS) is 6.22. The molecule has 1 nitrogen and oxygen atoms in total. The third-order valence-electron chi connectivity index (χ3n) is 0.498. The molecule has 0 aliphatic rings. The minimum atomic E-state index is 0. The van der Waals surface area contributed by atoms with Gasteiger partial charge in [0, 0.05) is 6.42 Å². The number of rotatable bonds is 1. The maximum absolute atomic E-state index is 9.81. The highest BCUT2D eigenvalue weighted by Crippen LogP contribution is 1.71. The van der Waals surface area contributed by atoms with Crippen molar-refractivity contribution < 1.29 is 4.79 Å². The fourth-order valence-corrected chi connectivity index (χ4v) is 0. The SMILES string of the molecule is C.CCC.CCC(C)=O. The molecule has 0 N–H and O–H groups in total. The summed E-state index contributed by atoms with van der Waals surface area (Å²) in [5, 5.41) is 0. The van der Waals surface area contributed by atoms with Gasteiger partial charge in [0.1, 0.15) is 5.78 Å². The summed E-state index contributed by atoms with van der Waals surface area (Å²) in [5.41, 5.74) is 0. The van der Waals surface area contributed by atoms with Crippen LogP contribution in [0.25, 0.3) is 0 Å². The number of Topliss-reactive ketones (excluding diaryl/α,β-unsaturated/α-hetero) is 1. The zero-order valence-corrected chi connectivity index (χ0v) is 6.32. The predicted molar refractivity (Wildman–Crippen MR) is 43.7 cm³/mol. The molecule has 0 fully saturated rings. The molecule has 1 heteroatoms. The first-order valence-corrected chi connectivity index (χ1v) is 3.18. The minimum Gasteiger partial charge on any atom is -0.300 e. The van der Waals surface area contributed by atoms with Crippen molar-refractivity contribution >= 4 is 5.78 Å². The molecule has 0 amide bonds. The van der Waals surface area contributed by atoms with Crippen molar-refractivity contribution in [2.75, 3.05) is 0 Å². The van der Waals surface area contributed by atoms with Gasteiger partial charge < -0.3 is 4.79 Å². The van der Waals surface area contributed by atoms with E-state index in [9.17, 15) is 4.79 Å². The van der Waals surface area contributed by atoms with Crippen molar-refractivity contribution in [2.24, 2.45) is 0 Å². The zero-order valence-electron chi connectivity index (χ0n) is 6.32. The van der Waals surface area contributed by atoms with E-state index in [0.29, 0.717) is 6.42 Å². The summed E-state index contributed by atoms with van der Waals surface area (Å²) >= 11 is 0. The lowest BCUT2D eigenvalue weighted by Crippen LogP contribution is -1.80. The Balaban J connectivity index is -0.0000000800. The molecule has 0 saturated carbocycles. The summed E-state index contributed by atoms with van der Waals surface area (Å²) in [6.45, 7) is 7.68. The molecule has 0 aliphatic heterocycles. The predicted octanol–water partition coefficient (Wildman–Crippen LogP) is 3.04. The summed E-state index contributed by atoms with van der Waals surface area (Å²) in [7, 11) is 0. The number of carbonyl (C=O) groups is 1. The second-order valence-corrected chi connectivity index (χ2v) is 1.76. The molecule has 0 spiro atoms. The van der Waals surface area contributed by atoms with Gasteiger partial charge in [-0.25, -0.2) is 0 Å². The minimum absolute atomic E-state index is 0. The Morgan fingerprint density at radius 3 is 1.33 bits per heavy atom. The van der Waals surface area contributed by atoms with Crippen LogP contribution in [0.4, 0.5) is 0 Å². The van der Waals surface area contributed by atoms with Gasteiger partial charge >= 0.3 is 0 Å². The van der Waals surface area contributed by atoms with Crippen LogP contribution < -0.4 is 0 Å². The lowest BCUT2D eigenvalue weighted by atomic mass is 10.4. The first-order valence-electron chi connectivity index (χ1n) is 3.18. The van der Waals surface area contributed by atoms with Gasteiger partial charge in [0.25, 0.3) is 0 Å². The Bertz CT molecular complexity index is 48.5. The van der Waals surface area contributed by atoms with E-state index in [1.165, 1.54) is 6.42 Å². The quantitative estimate of drug-likeness (QED) is 0.536. The average Bonchev–Trinajstić information content (AvgIpc) is 1.69. The summed E-state index contributed by atoms with van der Waals surface area (Å²) in [4.78, 5) is 9.81. The number of hydrogen-bond acceptors (Lipinski definition) is 1. The van der Waals surface area contributed by atoms with E-state index in [-0.39, 0.29) is 13.2 Å². The fourth-order valence-electron chi connectivity index (χ4n) is 0. The second-order valence-electron chi connectivity index (χ2n) is 1.76. The highest BCUT2D eigenvalue weighted by atomic mass is 16.1. The first-order chi connectivity index (χ1) is 3.68. The van der Waals surface area contributed by atoms with Crippen LogP contribution >= 0.6 is 0 Å². The molecule has 0 rings (SSSR count). The molecular formula is C8H20O. The van der Waals surface area contributed by atoms with Crippen molar-refractivity contribution in [3.8, 4) is 0 Å². The molecule has 0 unspecified atom stereocenters. The van der Waals surface area contributed by atoms with Gasteiger partial charge in [-0.3, -0.25) is 0 Å². The smallest absolute Gasteiger partial charge is 0.129 e. The molecule has 0 atom stereocenters. The third kappa shape index (κ3) is 88.4. The van der Waals surface area contributed by atoms with Crippen molar-refractivity contribution in [1.29, 1.82) is 0 Å². The van der Waals surface area contributed by atoms with E-state index >= 15 is 0 Å². The van der Waals surface area contributed by atoms with Crippen LogP contribution in [0, 0.1) is 0 Å². The number of ketones is 1. The fraction of sp³-hybridized carbons (Fsp3) is 0.875. The molecule has 9 heavy (non-hydrogen) atoms. The van der Waals surface area contributed by atoms with Gasteiger partial charge in [-0.15, -0.1) is 0 Å².